The number of halogens is 1. The summed E-state index contributed by atoms with van der Waals surface area (Å²) in [7, 11) is 1.68. The van der Waals surface area contributed by atoms with E-state index < -0.39 is 11.9 Å². The van der Waals surface area contributed by atoms with Crippen LogP contribution in [0.1, 0.15) is 24.4 Å². The summed E-state index contributed by atoms with van der Waals surface area (Å²) in [4.78, 5) is 35.8. The third kappa shape index (κ3) is 2.03. The third-order valence-corrected chi connectivity index (χ3v) is 4.90. The Morgan fingerprint density at radius 2 is 2.00 bits per heavy atom. The number of rotatable bonds is 1. The molecule has 3 rings (SSSR count). The first-order chi connectivity index (χ1) is 9.91. The fourth-order valence-electron chi connectivity index (χ4n) is 2.76. The number of amides is 2. The first-order valence-corrected chi connectivity index (χ1v) is 7.41. The zero-order valence-electron chi connectivity index (χ0n) is 11.6. The second kappa shape index (κ2) is 4.84. The number of nitrogens with one attached hydrogen (secondary N) is 1. The molecule has 6 nitrogen and oxygen atoms in total. The minimum atomic E-state index is -0.645. The molecule has 2 heterocycles. The van der Waals surface area contributed by atoms with Gasteiger partial charge in [-0.3, -0.25) is 24.0 Å². The predicted octanol–water partition coefficient (Wildman–Crippen LogP) is 1.39. The number of hydrogen-bond acceptors (Lipinski definition) is 3. The number of carbonyl (C=O) groups is 2. The van der Waals surface area contributed by atoms with E-state index in [0.29, 0.717) is 11.9 Å². The van der Waals surface area contributed by atoms with Gasteiger partial charge in [-0.15, -0.1) is 0 Å². The Balaban J connectivity index is 2.27. The number of nitrogens with zero attached hydrogens (tertiary/aromatic N) is 2. The van der Waals surface area contributed by atoms with Crippen molar-refractivity contribution in [1.29, 1.82) is 0 Å². The largest absolute Gasteiger partial charge is 0.329 e. The molecular formula is C14H14BrN3O3. The first-order valence-electron chi connectivity index (χ1n) is 6.61. The Morgan fingerprint density at radius 1 is 1.29 bits per heavy atom. The molecule has 7 heteroatoms. The summed E-state index contributed by atoms with van der Waals surface area (Å²) in [5.74, 6) is -0.709. The molecular weight excluding hydrogens is 338 g/mol. The highest BCUT2D eigenvalue weighted by atomic mass is 79.9. The Morgan fingerprint density at radius 3 is 2.67 bits per heavy atom. The molecule has 2 amide bonds. The van der Waals surface area contributed by atoms with E-state index in [1.54, 1.807) is 7.05 Å². The Hall–Kier alpha value is -1.89. The molecule has 1 unspecified atom stereocenters. The maximum Gasteiger partial charge on any atom is 0.329 e. The Kier molecular flexibility index (Phi) is 3.24. The molecule has 2 aromatic rings. The zero-order chi connectivity index (χ0) is 15.3. The number of hydrogen-bond donors (Lipinski definition) is 1. The van der Waals surface area contributed by atoms with Crippen LogP contribution in [-0.4, -0.2) is 20.9 Å². The number of aryl methyl sites for hydroxylation is 2. The van der Waals surface area contributed by atoms with E-state index in [0.717, 1.165) is 15.6 Å². The molecule has 1 aliphatic rings. The molecule has 0 aliphatic carbocycles. The van der Waals surface area contributed by atoms with Gasteiger partial charge in [-0.05, 0) is 40.9 Å². The Bertz CT molecular complexity index is 834. The van der Waals surface area contributed by atoms with Crippen molar-refractivity contribution in [3.8, 4) is 0 Å². The van der Waals surface area contributed by atoms with Crippen LogP contribution in [0.4, 0.5) is 0 Å². The van der Waals surface area contributed by atoms with Crippen LogP contribution in [0.2, 0.25) is 0 Å². The average Bonchev–Trinajstić information content (AvgIpc) is 2.68. The third-order valence-electron chi connectivity index (χ3n) is 3.90. The minimum Gasteiger partial charge on any atom is -0.295 e. The molecule has 0 spiro atoms. The van der Waals surface area contributed by atoms with Gasteiger partial charge in [0.1, 0.15) is 6.04 Å². The van der Waals surface area contributed by atoms with E-state index in [9.17, 15) is 14.4 Å². The van der Waals surface area contributed by atoms with Crippen molar-refractivity contribution in [2.24, 2.45) is 7.05 Å². The van der Waals surface area contributed by atoms with Crippen LogP contribution in [0, 0.1) is 6.92 Å². The predicted molar refractivity (Wildman–Crippen MR) is 81.0 cm³/mol. The second-order valence-electron chi connectivity index (χ2n) is 5.24. The van der Waals surface area contributed by atoms with E-state index >= 15 is 0 Å². The van der Waals surface area contributed by atoms with Gasteiger partial charge in [-0.2, -0.15) is 0 Å². The molecule has 1 aromatic carbocycles. The lowest BCUT2D eigenvalue weighted by Gasteiger charge is -2.21. The molecule has 0 radical (unpaired) electrons. The molecule has 1 N–H and O–H groups in total. The topological polar surface area (TPSA) is 73.1 Å². The highest BCUT2D eigenvalue weighted by Gasteiger charge is 2.31. The van der Waals surface area contributed by atoms with Gasteiger partial charge in [0.15, 0.2) is 0 Å². The number of imide groups is 1. The van der Waals surface area contributed by atoms with Crippen LogP contribution < -0.4 is 11.0 Å². The summed E-state index contributed by atoms with van der Waals surface area (Å²) in [5, 5.41) is 2.30. The molecule has 1 atom stereocenters. The van der Waals surface area contributed by atoms with Gasteiger partial charge >= 0.3 is 5.69 Å². The summed E-state index contributed by atoms with van der Waals surface area (Å²) < 4.78 is 3.84. The molecule has 1 fully saturated rings. The van der Waals surface area contributed by atoms with Crippen molar-refractivity contribution >= 4 is 38.8 Å². The van der Waals surface area contributed by atoms with Crippen molar-refractivity contribution in [3.63, 3.8) is 0 Å². The number of benzene rings is 1. The lowest BCUT2D eigenvalue weighted by atomic mass is 10.1. The average molecular weight is 352 g/mol. The van der Waals surface area contributed by atoms with Crippen LogP contribution >= 0.6 is 15.9 Å². The molecule has 110 valence electrons. The maximum atomic E-state index is 12.5. The quantitative estimate of drug-likeness (QED) is 0.789. The normalized spacial score (nSPS) is 19.1. The van der Waals surface area contributed by atoms with Gasteiger partial charge in [0.25, 0.3) is 0 Å². The van der Waals surface area contributed by atoms with Crippen LogP contribution in [0.25, 0.3) is 11.0 Å². The zero-order valence-corrected chi connectivity index (χ0v) is 13.2. The summed E-state index contributed by atoms with van der Waals surface area (Å²) >= 11 is 3.50. The van der Waals surface area contributed by atoms with Crippen molar-refractivity contribution in [2.75, 3.05) is 0 Å². The minimum absolute atomic E-state index is 0.242. The lowest BCUT2D eigenvalue weighted by Crippen LogP contribution is -2.44. The summed E-state index contributed by atoms with van der Waals surface area (Å²) in [5.41, 5.74) is 2.20. The van der Waals surface area contributed by atoms with Crippen LogP contribution in [0.3, 0.4) is 0 Å². The van der Waals surface area contributed by atoms with Gasteiger partial charge < -0.3 is 0 Å². The van der Waals surface area contributed by atoms with E-state index in [-0.39, 0.29) is 18.0 Å². The van der Waals surface area contributed by atoms with E-state index in [2.05, 4.69) is 21.2 Å². The van der Waals surface area contributed by atoms with E-state index in [4.69, 9.17) is 0 Å². The highest BCUT2D eigenvalue weighted by molar-refractivity contribution is 9.10. The summed E-state index contributed by atoms with van der Waals surface area (Å²) in [6.07, 6.45) is 0.585. The van der Waals surface area contributed by atoms with Crippen molar-refractivity contribution in [1.82, 2.24) is 14.5 Å². The lowest BCUT2D eigenvalue weighted by molar-refractivity contribution is -0.135. The first kappa shape index (κ1) is 14.1. The number of imidazole rings is 1. The number of fused-ring (bicyclic) bond motifs is 1. The number of piperidine rings is 1. The smallest absolute Gasteiger partial charge is 0.295 e. The van der Waals surface area contributed by atoms with Gasteiger partial charge in [-0.25, -0.2) is 4.79 Å². The molecule has 1 saturated heterocycles. The van der Waals surface area contributed by atoms with Crippen LogP contribution in [0.15, 0.2) is 21.4 Å². The standard InChI is InChI=1S/C14H14BrN3O3/c1-7-3-4-8-12(11(7)15)17(2)14(21)18(8)9-5-6-10(19)16-13(9)20/h3-4,9H,5-6H2,1-2H3,(H,16,19,20). The van der Waals surface area contributed by atoms with Gasteiger partial charge in [0.2, 0.25) is 11.8 Å². The van der Waals surface area contributed by atoms with E-state index in [1.807, 2.05) is 19.1 Å². The fourth-order valence-corrected chi connectivity index (χ4v) is 3.36. The van der Waals surface area contributed by atoms with E-state index in [1.165, 1.54) is 9.13 Å². The fraction of sp³-hybridized carbons (Fsp3) is 0.357. The van der Waals surface area contributed by atoms with Gasteiger partial charge in [0, 0.05) is 17.9 Å². The SMILES string of the molecule is Cc1ccc2c(c1Br)n(C)c(=O)n2C1CCC(=O)NC1=O. The van der Waals surface area contributed by atoms with Crippen molar-refractivity contribution in [3.05, 3.63) is 32.7 Å². The summed E-state index contributed by atoms with van der Waals surface area (Å²) in [6.45, 7) is 1.94. The van der Waals surface area contributed by atoms with Gasteiger partial charge in [-0.1, -0.05) is 6.07 Å². The molecule has 0 saturated carbocycles. The molecule has 1 aromatic heterocycles. The van der Waals surface area contributed by atoms with Crippen LogP contribution in [-0.2, 0) is 16.6 Å². The molecule has 21 heavy (non-hydrogen) atoms. The van der Waals surface area contributed by atoms with Crippen LogP contribution in [0.5, 0.6) is 0 Å². The second-order valence-corrected chi connectivity index (χ2v) is 6.04. The Labute approximate surface area is 128 Å². The highest BCUT2D eigenvalue weighted by Crippen LogP contribution is 2.29. The maximum absolute atomic E-state index is 12.5. The summed E-state index contributed by atoms with van der Waals surface area (Å²) in [6, 6.07) is 3.09. The molecule has 0 bridgehead atoms. The number of aromatic nitrogens is 2. The van der Waals surface area contributed by atoms with Gasteiger partial charge in [0.05, 0.1) is 11.0 Å². The number of carbonyl (C=O) groups excluding carboxylic acids is 2. The van der Waals surface area contributed by atoms with Crippen molar-refractivity contribution < 1.29 is 9.59 Å². The molecule has 1 aliphatic heterocycles. The van der Waals surface area contributed by atoms with Crippen molar-refractivity contribution in [2.45, 2.75) is 25.8 Å². The monoisotopic (exact) mass is 351 g/mol.